The van der Waals surface area contributed by atoms with Crippen LogP contribution in [-0.2, 0) is 4.74 Å². The molecule has 0 bridgehead atoms. The van der Waals surface area contributed by atoms with Crippen molar-refractivity contribution in [1.29, 1.82) is 5.26 Å². The van der Waals surface area contributed by atoms with Crippen molar-refractivity contribution in [3.63, 3.8) is 0 Å². The molecule has 0 aromatic heterocycles. The minimum atomic E-state index is -3.14. The van der Waals surface area contributed by atoms with Crippen LogP contribution in [0.5, 0.6) is 11.5 Å². The average molecular weight is 257 g/mol. The number of hydrogen-bond donors (Lipinski definition) is 1. The number of halogens is 2. The maximum atomic E-state index is 12.1. The van der Waals surface area contributed by atoms with Crippen molar-refractivity contribution in [2.75, 3.05) is 6.61 Å². The number of carbonyl (C=O) groups is 1. The highest BCUT2D eigenvalue weighted by Crippen LogP contribution is 2.30. The van der Waals surface area contributed by atoms with E-state index in [9.17, 15) is 18.7 Å². The molecule has 0 unspecified atom stereocenters. The normalized spacial score (nSPS) is 9.94. The summed E-state index contributed by atoms with van der Waals surface area (Å²) in [4.78, 5) is 11.5. The molecule has 7 heteroatoms. The standard InChI is InChI=1S/C11H9F2NO4/c1-2-17-10(16)9-6(5-14)8(18-11(12)13)4-3-7(9)15/h3-4,11,15H,2H2,1H3. The Morgan fingerprint density at radius 3 is 2.72 bits per heavy atom. The number of hydrogen-bond acceptors (Lipinski definition) is 5. The van der Waals surface area contributed by atoms with Crippen molar-refractivity contribution in [3.8, 4) is 17.6 Å². The molecule has 0 fully saturated rings. The molecule has 1 N–H and O–H groups in total. The predicted molar refractivity (Wildman–Crippen MR) is 55.4 cm³/mol. The van der Waals surface area contributed by atoms with E-state index < -0.39 is 35.2 Å². The van der Waals surface area contributed by atoms with Gasteiger partial charge in [0.2, 0.25) is 0 Å². The van der Waals surface area contributed by atoms with Gasteiger partial charge in [0.15, 0.2) is 0 Å². The van der Waals surface area contributed by atoms with Gasteiger partial charge in [-0.25, -0.2) is 4.79 Å². The van der Waals surface area contributed by atoms with Crippen LogP contribution in [0, 0.1) is 11.3 Å². The molecular formula is C11H9F2NO4. The SMILES string of the molecule is CCOC(=O)c1c(O)ccc(OC(F)F)c1C#N. The fourth-order valence-corrected chi connectivity index (χ4v) is 1.29. The highest BCUT2D eigenvalue weighted by atomic mass is 19.3. The first-order chi connectivity index (χ1) is 8.51. The number of benzene rings is 1. The minimum Gasteiger partial charge on any atom is -0.507 e. The van der Waals surface area contributed by atoms with Gasteiger partial charge in [-0.05, 0) is 19.1 Å². The van der Waals surface area contributed by atoms with Gasteiger partial charge < -0.3 is 14.6 Å². The molecule has 1 aromatic rings. The van der Waals surface area contributed by atoms with Gasteiger partial charge in [0.1, 0.15) is 28.7 Å². The number of nitrogens with zero attached hydrogens (tertiary/aromatic N) is 1. The Balaban J connectivity index is 3.31. The maximum Gasteiger partial charge on any atom is 0.387 e. The third kappa shape index (κ3) is 2.85. The van der Waals surface area contributed by atoms with Gasteiger partial charge in [-0.3, -0.25) is 0 Å². The third-order valence-electron chi connectivity index (χ3n) is 1.95. The van der Waals surface area contributed by atoms with Gasteiger partial charge >= 0.3 is 12.6 Å². The quantitative estimate of drug-likeness (QED) is 0.835. The summed E-state index contributed by atoms with van der Waals surface area (Å²) in [5.41, 5.74) is -0.980. The zero-order valence-electron chi connectivity index (χ0n) is 9.31. The van der Waals surface area contributed by atoms with E-state index in [1.165, 1.54) is 13.0 Å². The lowest BCUT2D eigenvalue weighted by atomic mass is 10.1. The second-order valence-electron chi connectivity index (χ2n) is 3.04. The molecule has 0 atom stereocenters. The second kappa shape index (κ2) is 5.82. The van der Waals surface area contributed by atoms with Gasteiger partial charge in [0, 0.05) is 0 Å². The molecule has 96 valence electrons. The molecule has 0 amide bonds. The molecule has 0 aliphatic carbocycles. The van der Waals surface area contributed by atoms with E-state index in [2.05, 4.69) is 9.47 Å². The van der Waals surface area contributed by atoms with E-state index in [0.717, 1.165) is 12.1 Å². The van der Waals surface area contributed by atoms with Crippen molar-refractivity contribution in [3.05, 3.63) is 23.3 Å². The zero-order chi connectivity index (χ0) is 13.7. The Morgan fingerprint density at radius 2 is 2.22 bits per heavy atom. The highest BCUT2D eigenvalue weighted by molar-refractivity contribution is 5.96. The number of alkyl halides is 2. The fourth-order valence-electron chi connectivity index (χ4n) is 1.29. The predicted octanol–water partition coefficient (Wildman–Crippen LogP) is 2.04. The molecule has 1 aromatic carbocycles. The van der Waals surface area contributed by atoms with Crippen LogP contribution in [0.15, 0.2) is 12.1 Å². The van der Waals surface area contributed by atoms with E-state index in [-0.39, 0.29) is 6.61 Å². The number of phenolic OH excluding ortho intramolecular Hbond substituents is 1. The molecule has 1 rings (SSSR count). The summed E-state index contributed by atoms with van der Waals surface area (Å²) < 4.78 is 32.9. The summed E-state index contributed by atoms with van der Waals surface area (Å²) in [6, 6.07) is 3.48. The van der Waals surface area contributed by atoms with Gasteiger partial charge in [-0.15, -0.1) is 0 Å². The summed E-state index contributed by atoms with van der Waals surface area (Å²) in [6.07, 6.45) is 0. The lowest BCUT2D eigenvalue weighted by Gasteiger charge is -2.11. The second-order valence-corrected chi connectivity index (χ2v) is 3.04. The van der Waals surface area contributed by atoms with Crippen LogP contribution in [0.3, 0.4) is 0 Å². The number of aromatic hydroxyl groups is 1. The Hall–Kier alpha value is -2.36. The Kier molecular flexibility index (Phi) is 4.43. The fraction of sp³-hybridized carbons (Fsp3) is 0.273. The molecule has 18 heavy (non-hydrogen) atoms. The van der Waals surface area contributed by atoms with Crippen molar-refractivity contribution < 1.29 is 28.2 Å². The van der Waals surface area contributed by atoms with Crippen LogP contribution in [0.4, 0.5) is 8.78 Å². The number of rotatable bonds is 4. The maximum absolute atomic E-state index is 12.1. The monoisotopic (exact) mass is 257 g/mol. The largest absolute Gasteiger partial charge is 0.507 e. The molecule has 0 aliphatic rings. The van der Waals surface area contributed by atoms with E-state index >= 15 is 0 Å². The zero-order valence-corrected chi connectivity index (χ0v) is 9.31. The minimum absolute atomic E-state index is 0.0169. The van der Waals surface area contributed by atoms with Crippen LogP contribution in [-0.4, -0.2) is 24.3 Å². The summed E-state index contributed by atoms with van der Waals surface area (Å²) >= 11 is 0. The molecule has 0 saturated heterocycles. The van der Waals surface area contributed by atoms with E-state index in [0.29, 0.717) is 0 Å². The first kappa shape index (κ1) is 13.7. The molecule has 0 heterocycles. The third-order valence-corrected chi connectivity index (χ3v) is 1.95. The first-order valence-electron chi connectivity index (χ1n) is 4.89. The molecular weight excluding hydrogens is 248 g/mol. The highest BCUT2D eigenvalue weighted by Gasteiger charge is 2.23. The number of carbonyl (C=O) groups excluding carboxylic acids is 1. The molecule has 0 radical (unpaired) electrons. The lowest BCUT2D eigenvalue weighted by Crippen LogP contribution is -2.10. The Labute approximate surface area is 101 Å². The Morgan fingerprint density at radius 1 is 1.56 bits per heavy atom. The molecule has 0 spiro atoms. The van der Waals surface area contributed by atoms with Gasteiger partial charge in [0.05, 0.1) is 6.61 Å². The summed E-state index contributed by atoms with van der Waals surface area (Å²) in [7, 11) is 0. The smallest absolute Gasteiger partial charge is 0.387 e. The van der Waals surface area contributed by atoms with Crippen LogP contribution in [0.2, 0.25) is 0 Å². The van der Waals surface area contributed by atoms with Crippen molar-refractivity contribution in [1.82, 2.24) is 0 Å². The summed E-state index contributed by atoms with van der Waals surface area (Å²) in [5.74, 6) is -2.01. The summed E-state index contributed by atoms with van der Waals surface area (Å²) in [5, 5.41) is 18.3. The summed E-state index contributed by atoms with van der Waals surface area (Å²) in [6.45, 7) is -1.60. The topological polar surface area (TPSA) is 79.6 Å². The van der Waals surface area contributed by atoms with Crippen molar-refractivity contribution >= 4 is 5.97 Å². The van der Waals surface area contributed by atoms with Gasteiger partial charge in [-0.1, -0.05) is 0 Å². The first-order valence-corrected chi connectivity index (χ1v) is 4.89. The van der Waals surface area contributed by atoms with Crippen LogP contribution in [0.25, 0.3) is 0 Å². The number of nitriles is 1. The molecule has 0 saturated carbocycles. The van der Waals surface area contributed by atoms with Crippen LogP contribution in [0.1, 0.15) is 22.8 Å². The van der Waals surface area contributed by atoms with E-state index in [1.807, 2.05) is 0 Å². The number of phenols is 1. The van der Waals surface area contributed by atoms with Crippen LogP contribution >= 0.6 is 0 Å². The van der Waals surface area contributed by atoms with Gasteiger partial charge in [0.25, 0.3) is 0 Å². The van der Waals surface area contributed by atoms with E-state index in [1.54, 1.807) is 0 Å². The van der Waals surface area contributed by atoms with Gasteiger partial charge in [-0.2, -0.15) is 14.0 Å². The Bertz CT molecular complexity index is 497. The van der Waals surface area contributed by atoms with Crippen molar-refractivity contribution in [2.24, 2.45) is 0 Å². The van der Waals surface area contributed by atoms with Crippen LogP contribution < -0.4 is 4.74 Å². The number of ether oxygens (including phenoxy) is 2. The van der Waals surface area contributed by atoms with Crippen molar-refractivity contribution in [2.45, 2.75) is 13.5 Å². The lowest BCUT2D eigenvalue weighted by molar-refractivity contribution is -0.0501. The molecule has 5 nitrogen and oxygen atoms in total. The molecule has 0 aliphatic heterocycles. The average Bonchev–Trinajstić information content (AvgIpc) is 2.30. The number of esters is 1. The van der Waals surface area contributed by atoms with E-state index in [4.69, 9.17) is 5.26 Å².